The third-order valence-electron chi connectivity index (χ3n) is 7.75. The van der Waals surface area contributed by atoms with E-state index in [2.05, 4.69) is 0 Å². The lowest BCUT2D eigenvalue weighted by molar-refractivity contribution is 0.768. The minimum absolute atomic E-state index is 0.240. The molecule has 1 heterocycles. The summed E-state index contributed by atoms with van der Waals surface area (Å²) in [5.41, 5.74) is 1.45. The molecule has 3 heteroatoms. The number of nitrogens with zero attached hydrogens (tertiary/aromatic N) is 3. The average Bonchev–Trinajstić information content (AvgIpc) is 3.48. The van der Waals surface area contributed by atoms with Crippen LogP contribution in [0.3, 0.4) is 0 Å². The van der Waals surface area contributed by atoms with Crippen molar-refractivity contribution in [1.82, 2.24) is 15.0 Å². The molecule has 0 radical (unpaired) electrons. The van der Waals surface area contributed by atoms with Crippen molar-refractivity contribution in [2.45, 2.75) is 5.41 Å². The molecule has 0 unspecified atom stereocenters. The topological polar surface area (TPSA) is 38.7 Å². The number of hydrogen-bond donors (Lipinski definition) is 0. The van der Waals surface area contributed by atoms with Crippen LogP contribution in [0.1, 0.15) is 36.0 Å². The SMILES string of the molecule is [2H]c1c([2H])c([2H])c(C2(c3c([2H])c([2H])c([2H])c([2H])c3[2H])c3ccccc3-c3ccc(-c4nc(-c5ccccc5)nc(-c5ccccc5)n4)cc32)c([2H])c1[2H]. The lowest BCUT2D eigenvalue weighted by Crippen LogP contribution is -2.28. The van der Waals surface area contributed by atoms with Crippen LogP contribution >= 0.6 is 0 Å². The maximum absolute atomic E-state index is 9.25. The van der Waals surface area contributed by atoms with E-state index in [0.29, 0.717) is 39.5 Å². The van der Waals surface area contributed by atoms with E-state index in [-0.39, 0.29) is 17.0 Å². The second-order valence-corrected chi connectivity index (χ2v) is 10.1. The van der Waals surface area contributed by atoms with Gasteiger partial charge in [0.05, 0.1) is 19.1 Å². The van der Waals surface area contributed by atoms with Crippen molar-refractivity contribution in [3.8, 4) is 45.3 Å². The normalized spacial score (nSPS) is 16.1. The number of fused-ring (bicyclic) bond motifs is 3. The highest BCUT2D eigenvalue weighted by Crippen LogP contribution is 2.56. The molecule has 0 fully saturated rings. The summed E-state index contributed by atoms with van der Waals surface area (Å²) in [6.45, 7) is 0. The van der Waals surface area contributed by atoms with Crippen molar-refractivity contribution in [3.05, 3.63) is 186 Å². The molecule has 202 valence electrons. The number of benzene rings is 6. The van der Waals surface area contributed by atoms with Crippen LogP contribution in [0.25, 0.3) is 45.3 Å². The maximum Gasteiger partial charge on any atom is 0.164 e. The maximum atomic E-state index is 9.25. The van der Waals surface area contributed by atoms with Gasteiger partial charge in [-0.05, 0) is 39.4 Å². The Morgan fingerprint density at radius 1 is 0.419 bits per heavy atom. The summed E-state index contributed by atoms with van der Waals surface area (Å²) in [7, 11) is 0. The summed E-state index contributed by atoms with van der Waals surface area (Å²) < 4.78 is 88.6. The van der Waals surface area contributed by atoms with Gasteiger partial charge in [-0.3, -0.25) is 0 Å². The fourth-order valence-corrected chi connectivity index (χ4v) is 5.89. The molecule has 6 aromatic carbocycles. The van der Waals surface area contributed by atoms with Crippen LogP contribution in [0, 0.1) is 0 Å². The zero-order chi connectivity index (χ0) is 37.3. The molecule has 0 N–H and O–H groups in total. The third kappa shape index (κ3) is 4.09. The summed E-state index contributed by atoms with van der Waals surface area (Å²) in [4.78, 5) is 14.5. The summed E-state index contributed by atoms with van der Waals surface area (Å²) in [5, 5.41) is 0. The van der Waals surface area contributed by atoms with E-state index in [1.165, 1.54) is 0 Å². The summed E-state index contributed by atoms with van der Waals surface area (Å²) in [5.74, 6) is 1.08. The molecule has 8 rings (SSSR count). The van der Waals surface area contributed by atoms with Crippen LogP contribution in [0.15, 0.2) is 164 Å². The van der Waals surface area contributed by atoms with Crippen LogP contribution in [-0.2, 0) is 5.41 Å². The van der Waals surface area contributed by atoms with E-state index in [0.717, 1.165) is 11.1 Å². The summed E-state index contributed by atoms with van der Waals surface area (Å²) >= 11 is 0. The molecule has 7 aromatic rings. The Balaban J connectivity index is 1.53. The van der Waals surface area contributed by atoms with E-state index in [1.807, 2.05) is 78.9 Å². The zero-order valence-electron chi connectivity index (χ0n) is 32.7. The zero-order valence-corrected chi connectivity index (χ0v) is 22.7. The van der Waals surface area contributed by atoms with Gasteiger partial charge in [0.2, 0.25) is 0 Å². The summed E-state index contributed by atoms with van der Waals surface area (Å²) in [6, 6.07) is 25.2. The second kappa shape index (κ2) is 10.3. The molecule has 0 atom stereocenters. The van der Waals surface area contributed by atoms with Crippen LogP contribution in [0.5, 0.6) is 0 Å². The molecule has 0 bridgehead atoms. The second-order valence-electron chi connectivity index (χ2n) is 10.1. The first-order valence-electron chi connectivity index (χ1n) is 18.7. The molecule has 1 aromatic heterocycles. The van der Waals surface area contributed by atoms with E-state index in [1.54, 1.807) is 24.3 Å². The monoisotopic (exact) mass is 559 g/mol. The predicted octanol–water partition coefficient (Wildman–Crippen LogP) is 9.24. The molecule has 3 nitrogen and oxygen atoms in total. The Morgan fingerprint density at radius 3 is 1.44 bits per heavy atom. The van der Waals surface area contributed by atoms with Gasteiger partial charge in [-0.2, -0.15) is 0 Å². The van der Waals surface area contributed by atoms with Crippen molar-refractivity contribution in [3.63, 3.8) is 0 Å². The third-order valence-corrected chi connectivity index (χ3v) is 7.75. The molecule has 0 saturated carbocycles. The van der Waals surface area contributed by atoms with Gasteiger partial charge < -0.3 is 0 Å². The minimum Gasteiger partial charge on any atom is -0.208 e. The van der Waals surface area contributed by atoms with Crippen molar-refractivity contribution >= 4 is 0 Å². The molecular formula is C40H27N3. The Morgan fingerprint density at radius 2 is 0.884 bits per heavy atom. The lowest BCUT2D eigenvalue weighted by atomic mass is 9.67. The highest BCUT2D eigenvalue weighted by molar-refractivity contribution is 5.88. The Hall–Kier alpha value is -5.67. The lowest BCUT2D eigenvalue weighted by Gasteiger charge is -2.34. The Bertz CT molecular complexity index is 2450. The minimum atomic E-state index is -1.97. The fourth-order valence-electron chi connectivity index (χ4n) is 5.89. The van der Waals surface area contributed by atoms with Crippen molar-refractivity contribution < 1.29 is 13.7 Å². The van der Waals surface area contributed by atoms with E-state index >= 15 is 0 Å². The predicted molar refractivity (Wildman–Crippen MR) is 173 cm³/mol. The number of aromatic nitrogens is 3. The van der Waals surface area contributed by atoms with Gasteiger partial charge in [0.1, 0.15) is 0 Å². The summed E-state index contributed by atoms with van der Waals surface area (Å²) in [6.07, 6.45) is 0. The first kappa shape index (κ1) is 16.7. The highest BCUT2D eigenvalue weighted by atomic mass is 15.0. The largest absolute Gasteiger partial charge is 0.208 e. The number of hydrogen-bond acceptors (Lipinski definition) is 3. The molecular weight excluding hydrogens is 522 g/mol. The van der Waals surface area contributed by atoms with Gasteiger partial charge in [0.25, 0.3) is 0 Å². The molecule has 0 aliphatic heterocycles. The van der Waals surface area contributed by atoms with Crippen LogP contribution in [0.4, 0.5) is 0 Å². The van der Waals surface area contributed by atoms with Crippen LogP contribution in [-0.4, -0.2) is 15.0 Å². The van der Waals surface area contributed by atoms with Gasteiger partial charge >= 0.3 is 0 Å². The smallest absolute Gasteiger partial charge is 0.164 e. The van der Waals surface area contributed by atoms with Crippen molar-refractivity contribution in [2.75, 3.05) is 0 Å². The molecule has 0 saturated heterocycles. The van der Waals surface area contributed by atoms with E-state index < -0.39 is 65.8 Å². The quantitative estimate of drug-likeness (QED) is 0.211. The van der Waals surface area contributed by atoms with Gasteiger partial charge in [-0.25, -0.2) is 15.0 Å². The number of rotatable bonds is 5. The average molecular weight is 560 g/mol. The van der Waals surface area contributed by atoms with Gasteiger partial charge in [-0.15, -0.1) is 0 Å². The standard InChI is InChI=1S/C40H27N3/c1-5-15-28(16-6-1)37-41-38(29-17-7-2-8-18-29)43-39(42-37)30-25-26-34-33-23-13-14-24-35(33)40(36(34)27-30,31-19-9-3-10-20-31)32-21-11-4-12-22-32/h1-27H/i3D,4D,9D,10D,11D,12D,19D,20D,21D,22D. The van der Waals surface area contributed by atoms with E-state index in [4.69, 9.17) is 23.2 Å². The molecule has 0 amide bonds. The van der Waals surface area contributed by atoms with E-state index in [9.17, 15) is 5.48 Å². The van der Waals surface area contributed by atoms with Crippen molar-refractivity contribution in [2.24, 2.45) is 0 Å². The highest BCUT2D eigenvalue weighted by Gasteiger charge is 2.46. The van der Waals surface area contributed by atoms with Crippen molar-refractivity contribution in [1.29, 1.82) is 0 Å². The molecule has 0 spiro atoms. The molecule has 1 aliphatic carbocycles. The molecule has 43 heavy (non-hydrogen) atoms. The first-order valence-corrected chi connectivity index (χ1v) is 13.7. The van der Waals surface area contributed by atoms with Gasteiger partial charge in [0.15, 0.2) is 17.5 Å². The Kier molecular flexibility index (Phi) is 4.00. The fraction of sp³-hybridized carbons (Fsp3) is 0.0250. The molecule has 1 aliphatic rings. The first-order chi connectivity index (χ1) is 25.5. The van der Waals surface area contributed by atoms with Crippen LogP contribution in [0.2, 0.25) is 0 Å². The Labute approximate surface area is 265 Å². The van der Waals surface area contributed by atoms with Gasteiger partial charge in [0, 0.05) is 16.7 Å². The van der Waals surface area contributed by atoms with Crippen LogP contribution < -0.4 is 0 Å². The van der Waals surface area contributed by atoms with Gasteiger partial charge in [-0.1, -0.05) is 157 Å².